The number of amides is 1. The monoisotopic (exact) mass is 511 g/mol. The Morgan fingerprint density at radius 2 is 1.77 bits per heavy atom. The Kier molecular flexibility index (Phi) is 7.15. The number of carbonyl (C=O) groups is 2. The molecule has 0 fully saturated rings. The van der Waals surface area contributed by atoms with E-state index < -0.39 is 47.5 Å². The van der Waals surface area contributed by atoms with Crippen LogP contribution in [0.25, 0.3) is 0 Å². The fourth-order valence-corrected chi connectivity index (χ4v) is 4.98. The normalized spacial score (nSPS) is 13.0. The molecule has 11 heteroatoms. The molecule has 1 aromatic carbocycles. The highest BCUT2D eigenvalue weighted by molar-refractivity contribution is 7.17. The van der Waals surface area contributed by atoms with Gasteiger partial charge in [0.1, 0.15) is 17.4 Å². The van der Waals surface area contributed by atoms with Crippen LogP contribution in [0.4, 0.5) is 22.6 Å². The third kappa shape index (κ3) is 5.19. The van der Waals surface area contributed by atoms with Crippen molar-refractivity contribution in [2.24, 2.45) is 0 Å². The van der Waals surface area contributed by atoms with Crippen molar-refractivity contribution < 1.29 is 41.0 Å². The summed E-state index contributed by atoms with van der Waals surface area (Å²) in [5.74, 6) is -9.19. The first kappa shape index (κ1) is 24.8. The van der Waals surface area contributed by atoms with E-state index in [0.717, 1.165) is 29.7 Å². The largest absolute Gasteiger partial charge is 0.479 e. The van der Waals surface area contributed by atoms with Crippen molar-refractivity contribution in [1.29, 1.82) is 0 Å². The Morgan fingerprint density at radius 3 is 2.46 bits per heavy atom. The average molecular weight is 511 g/mol. The summed E-state index contributed by atoms with van der Waals surface area (Å²) < 4.78 is 69.8. The van der Waals surface area contributed by atoms with E-state index in [1.807, 2.05) is 0 Å². The van der Waals surface area contributed by atoms with E-state index in [9.17, 15) is 27.2 Å². The molecule has 4 rings (SSSR count). The zero-order valence-electron chi connectivity index (χ0n) is 18.8. The molecule has 0 saturated heterocycles. The summed E-state index contributed by atoms with van der Waals surface area (Å²) in [7, 11) is 0. The fraction of sp³-hybridized carbons (Fsp3) is 0.333. The van der Waals surface area contributed by atoms with Gasteiger partial charge in [-0.1, -0.05) is 0 Å². The molecule has 2 aromatic heterocycles. The minimum absolute atomic E-state index is 0.0245. The number of furan rings is 1. The number of thiophene rings is 1. The number of ether oxygens (including phenoxy) is 2. The summed E-state index contributed by atoms with van der Waals surface area (Å²) >= 11 is 1.31. The average Bonchev–Trinajstić information content (AvgIpc) is 3.41. The second-order valence-electron chi connectivity index (χ2n) is 8.18. The third-order valence-corrected chi connectivity index (χ3v) is 6.47. The number of aryl methyl sites for hydroxylation is 1. The first-order valence-electron chi connectivity index (χ1n) is 10.9. The van der Waals surface area contributed by atoms with E-state index in [-0.39, 0.29) is 23.7 Å². The van der Waals surface area contributed by atoms with Crippen molar-refractivity contribution in [2.45, 2.75) is 52.2 Å². The topological polar surface area (TPSA) is 77.8 Å². The van der Waals surface area contributed by atoms with Crippen molar-refractivity contribution in [3.8, 4) is 5.75 Å². The van der Waals surface area contributed by atoms with Gasteiger partial charge >= 0.3 is 5.97 Å². The summed E-state index contributed by atoms with van der Waals surface area (Å²) in [5.41, 5.74) is 1.21. The lowest BCUT2D eigenvalue weighted by Gasteiger charge is -2.14. The molecular formula is C24H21F4NO5S. The Bertz CT molecular complexity index is 1260. The highest BCUT2D eigenvalue weighted by atomic mass is 32.1. The lowest BCUT2D eigenvalue weighted by molar-refractivity contribution is 0.0378. The predicted octanol–water partition coefficient (Wildman–Crippen LogP) is 6.17. The lowest BCUT2D eigenvalue weighted by Crippen LogP contribution is -2.17. The highest BCUT2D eigenvalue weighted by Crippen LogP contribution is 2.39. The molecule has 6 nitrogen and oxygen atoms in total. The van der Waals surface area contributed by atoms with Gasteiger partial charge in [0.2, 0.25) is 11.6 Å². The van der Waals surface area contributed by atoms with Crippen LogP contribution in [-0.2, 0) is 24.2 Å². The van der Waals surface area contributed by atoms with Crippen molar-refractivity contribution in [3.63, 3.8) is 0 Å². The summed E-state index contributed by atoms with van der Waals surface area (Å²) in [6.07, 6.45) is 3.09. The van der Waals surface area contributed by atoms with E-state index in [2.05, 4.69) is 5.32 Å². The van der Waals surface area contributed by atoms with E-state index in [0.29, 0.717) is 17.0 Å². The maximum Gasteiger partial charge on any atom is 0.341 e. The van der Waals surface area contributed by atoms with Crippen LogP contribution in [0.15, 0.2) is 22.6 Å². The molecule has 0 saturated carbocycles. The molecule has 0 spiro atoms. The molecule has 0 radical (unpaired) electrons. The highest BCUT2D eigenvalue weighted by Gasteiger charge is 2.29. The fourth-order valence-electron chi connectivity index (χ4n) is 3.71. The molecule has 1 N–H and O–H groups in total. The lowest BCUT2D eigenvalue weighted by atomic mass is 9.95. The molecule has 0 bridgehead atoms. The van der Waals surface area contributed by atoms with Gasteiger partial charge in [-0.3, -0.25) is 4.79 Å². The van der Waals surface area contributed by atoms with Crippen LogP contribution < -0.4 is 10.1 Å². The molecule has 35 heavy (non-hydrogen) atoms. The SMILES string of the molecule is CC(C)OC(=O)c1c(NC(=O)c2ccc(COc3c(F)c(F)cc(F)c3F)o2)sc2c1CCCC2. The maximum atomic E-state index is 13.8. The van der Waals surface area contributed by atoms with Crippen LogP contribution in [-0.4, -0.2) is 18.0 Å². The van der Waals surface area contributed by atoms with E-state index in [1.165, 1.54) is 23.5 Å². The van der Waals surface area contributed by atoms with E-state index in [1.54, 1.807) is 13.8 Å². The minimum atomic E-state index is -1.68. The minimum Gasteiger partial charge on any atom is -0.479 e. The molecule has 0 atom stereocenters. The summed E-state index contributed by atoms with van der Waals surface area (Å²) in [5, 5.41) is 3.03. The van der Waals surface area contributed by atoms with Gasteiger partial charge < -0.3 is 19.2 Å². The van der Waals surface area contributed by atoms with Gasteiger partial charge in [0.05, 0.1) is 11.7 Å². The van der Waals surface area contributed by atoms with Crippen molar-refractivity contribution in [2.75, 3.05) is 5.32 Å². The van der Waals surface area contributed by atoms with Crippen molar-refractivity contribution in [3.05, 3.63) is 69.0 Å². The Hall–Kier alpha value is -3.34. The quantitative estimate of drug-likeness (QED) is 0.233. The first-order valence-corrected chi connectivity index (χ1v) is 11.7. The Labute approximate surface area is 201 Å². The summed E-state index contributed by atoms with van der Waals surface area (Å²) in [4.78, 5) is 26.5. The first-order chi connectivity index (χ1) is 16.7. The molecule has 1 aliphatic rings. The van der Waals surface area contributed by atoms with Crippen molar-refractivity contribution in [1.82, 2.24) is 0 Å². The van der Waals surface area contributed by atoms with E-state index >= 15 is 0 Å². The Morgan fingerprint density at radius 1 is 1.09 bits per heavy atom. The number of carbonyl (C=O) groups excluding carboxylic acids is 2. The maximum absolute atomic E-state index is 13.8. The molecule has 2 heterocycles. The number of halogens is 4. The van der Waals surface area contributed by atoms with Crippen LogP contribution >= 0.6 is 11.3 Å². The van der Waals surface area contributed by atoms with Gasteiger partial charge in [-0.05, 0) is 57.2 Å². The third-order valence-electron chi connectivity index (χ3n) is 5.26. The summed E-state index contributed by atoms with van der Waals surface area (Å²) in [6, 6.07) is 2.68. The van der Waals surface area contributed by atoms with Crippen LogP contribution in [0.3, 0.4) is 0 Å². The van der Waals surface area contributed by atoms with Gasteiger partial charge in [0, 0.05) is 10.9 Å². The number of nitrogens with one attached hydrogen (secondary N) is 1. The smallest absolute Gasteiger partial charge is 0.341 e. The second kappa shape index (κ2) is 10.1. The standard InChI is InChI=1S/C24H21F4NO5S/c1-11(2)33-24(31)18-13-5-3-4-6-17(13)35-23(18)29-22(30)16-8-7-12(34-16)10-32-21-19(27)14(25)9-15(26)20(21)28/h7-9,11H,3-6,10H2,1-2H3,(H,29,30). The van der Waals surface area contributed by atoms with Crippen LogP contribution in [0.2, 0.25) is 0 Å². The summed E-state index contributed by atoms with van der Waals surface area (Å²) in [6.45, 7) is 2.87. The van der Waals surface area contributed by atoms with Crippen LogP contribution in [0.1, 0.15) is 63.8 Å². The van der Waals surface area contributed by atoms with Crippen LogP contribution in [0, 0.1) is 23.3 Å². The Balaban J connectivity index is 1.50. The molecule has 186 valence electrons. The van der Waals surface area contributed by atoms with Crippen LogP contribution in [0.5, 0.6) is 5.75 Å². The van der Waals surface area contributed by atoms with Gasteiger partial charge in [-0.2, -0.15) is 8.78 Å². The number of esters is 1. The zero-order valence-corrected chi connectivity index (χ0v) is 19.6. The number of anilines is 1. The molecule has 0 aliphatic heterocycles. The van der Waals surface area contributed by atoms with Gasteiger partial charge in [-0.25, -0.2) is 13.6 Å². The second-order valence-corrected chi connectivity index (χ2v) is 9.28. The van der Waals surface area contributed by atoms with Gasteiger partial charge in [0.25, 0.3) is 5.91 Å². The van der Waals surface area contributed by atoms with Gasteiger partial charge in [-0.15, -0.1) is 11.3 Å². The van der Waals surface area contributed by atoms with Crippen molar-refractivity contribution >= 4 is 28.2 Å². The molecule has 0 unspecified atom stereocenters. The van der Waals surface area contributed by atoms with E-state index in [4.69, 9.17) is 13.9 Å². The molecule has 3 aromatic rings. The number of fused-ring (bicyclic) bond motifs is 1. The zero-order chi connectivity index (χ0) is 25.3. The molecule has 1 amide bonds. The number of rotatable bonds is 7. The number of hydrogen-bond donors (Lipinski definition) is 1. The molecule has 1 aliphatic carbocycles. The predicted molar refractivity (Wildman–Crippen MR) is 119 cm³/mol. The number of hydrogen-bond acceptors (Lipinski definition) is 6. The van der Waals surface area contributed by atoms with Gasteiger partial charge in [0.15, 0.2) is 23.1 Å². The molecular weight excluding hydrogens is 490 g/mol. The number of benzene rings is 1.